The van der Waals surface area contributed by atoms with Crippen molar-refractivity contribution in [2.24, 2.45) is 0 Å². The average molecular weight is 497 g/mol. The Balaban J connectivity index is 2.02. The van der Waals surface area contributed by atoms with E-state index in [1.807, 2.05) is 0 Å². The molecule has 1 atom stereocenters. The third-order valence-electron chi connectivity index (χ3n) is 4.82. The van der Waals surface area contributed by atoms with Crippen molar-refractivity contribution in [1.82, 2.24) is 10.3 Å². The summed E-state index contributed by atoms with van der Waals surface area (Å²) in [5, 5.41) is 12.0. The number of aromatic nitrogens is 1. The molecule has 0 aliphatic heterocycles. The standard InChI is InChI=1S/C23H17ClF4N2O4/c1-34-19-9-8-17(29-21(19)14-10-12(23(26,27)28)6-7-16(14)25)22(33)30-18(11-20(31)32)13-4-2-3-5-15(13)24/h2-10,18H,11H2,1H3,(H,30,33)(H,31,32)/t18-/m0/s1. The summed E-state index contributed by atoms with van der Waals surface area (Å²) >= 11 is 6.14. The Morgan fingerprint density at radius 1 is 1.15 bits per heavy atom. The van der Waals surface area contributed by atoms with Crippen LogP contribution in [0.25, 0.3) is 11.3 Å². The van der Waals surface area contributed by atoms with Gasteiger partial charge < -0.3 is 15.2 Å². The Morgan fingerprint density at radius 3 is 2.47 bits per heavy atom. The SMILES string of the molecule is COc1ccc(C(=O)N[C@@H](CC(=O)O)c2ccccc2Cl)nc1-c1cc(C(F)(F)F)ccc1F. The Bertz CT molecular complexity index is 1230. The number of carbonyl (C=O) groups excluding carboxylic acids is 1. The number of hydrogen-bond donors (Lipinski definition) is 2. The molecule has 0 aliphatic rings. The van der Waals surface area contributed by atoms with E-state index in [1.54, 1.807) is 18.2 Å². The van der Waals surface area contributed by atoms with Gasteiger partial charge in [-0.2, -0.15) is 13.2 Å². The fraction of sp³-hybridized carbons (Fsp3) is 0.174. The summed E-state index contributed by atoms with van der Waals surface area (Å²) in [7, 11) is 1.21. The Morgan fingerprint density at radius 2 is 1.85 bits per heavy atom. The Hall–Kier alpha value is -3.66. The average Bonchev–Trinajstić information content (AvgIpc) is 2.77. The molecule has 0 saturated heterocycles. The smallest absolute Gasteiger partial charge is 0.416 e. The van der Waals surface area contributed by atoms with E-state index in [0.29, 0.717) is 23.8 Å². The third kappa shape index (κ3) is 5.63. The molecule has 0 unspecified atom stereocenters. The van der Waals surface area contributed by atoms with Crippen LogP contribution in [0.15, 0.2) is 54.6 Å². The molecule has 0 radical (unpaired) electrons. The zero-order valence-electron chi connectivity index (χ0n) is 17.5. The van der Waals surface area contributed by atoms with Crippen molar-refractivity contribution in [3.05, 3.63) is 82.3 Å². The summed E-state index contributed by atoms with van der Waals surface area (Å²) in [6.45, 7) is 0. The summed E-state index contributed by atoms with van der Waals surface area (Å²) in [4.78, 5) is 28.2. The van der Waals surface area contributed by atoms with Crippen molar-refractivity contribution in [3.8, 4) is 17.0 Å². The van der Waals surface area contributed by atoms with Gasteiger partial charge in [0.25, 0.3) is 5.91 Å². The maximum atomic E-state index is 14.5. The van der Waals surface area contributed by atoms with Crippen molar-refractivity contribution in [2.45, 2.75) is 18.6 Å². The number of pyridine rings is 1. The minimum Gasteiger partial charge on any atom is -0.494 e. The number of methoxy groups -OCH3 is 1. The zero-order valence-corrected chi connectivity index (χ0v) is 18.2. The number of halogens is 5. The topological polar surface area (TPSA) is 88.5 Å². The van der Waals surface area contributed by atoms with E-state index in [0.717, 1.165) is 0 Å². The molecular formula is C23H17ClF4N2O4. The Kier molecular flexibility index (Phi) is 7.41. The molecule has 2 N–H and O–H groups in total. The largest absolute Gasteiger partial charge is 0.494 e. The molecule has 34 heavy (non-hydrogen) atoms. The molecule has 0 fully saturated rings. The van der Waals surface area contributed by atoms with Crippen LogP contribution in [0.2, 0.25) is 5.02 Å². The first-order valence-electron chi connectivity index (χ1n) is 9.70. The number of aliphatic carboxylic acids is 1. The highest BCUT2D eigenvalue weighted by Crippen LogP contribution is 2.36. The number of ether oxygens (including phenoxy) is 1. The van der Waals surface area contributed by atoms with Gasteiger partial charge in [0.1, 0.15) is 23.0 Å². The molecule has 178 valence electrons. The first kappa shape index (κ1) is 25.0. The van der Waals surface area contributed by atoms with Crippen molar-refractivity contribution in [3.63, 3.8) is 0 Å². The van der Waals surface area contributed by atoms with Crippen molar-refractivity contribution in [2.75, 3.05) is 7.11 Å². The summed E-state index contributed by atoms with van der Waals surface area (Å²) in [6.07, 6.45) is -5.23. The molecule has 2 aromatic carbocycles. The fourth-order valence-corrected chi connectivity index (χ4v) is 3.48. The van der Waals surface area contributed by atoms with Crippen molar-refractivity contribution < 1.29 is 37.0 Å². The number of rotatable bonds is 7. The van der Waals surface area contributed by atoms with Crippen LogP contribution in [0.4, 0.5) is 17.6 Å². The number of carboxylic acid groups (broad SMARTS) is 1. The predicted molar refractivity (Wildman–Crippen MR) is 115 cm³/mol. The highest BCUT2D eigenvalue weighted by molar-refractivity contribution is 6.31. The van der Waals surface area contributed by atoms with Gasteiger partial charge in [-0.25, -0.2) is 9.37 Å². The van der Waals surface area contributed by atoms with E-state index < -0.39 is 47.5 Å². The van der Waals surface area contributed by atoms with Crippen LogP contribution in [0.3, 0.4) is 0 Å². The maximum Gasteiger partial charge on any atom is 0.416 e. The van der Waals surface area contributed by atoms with E-state index in [1.165, 1.54) is 25.3 Å². The van der Waals surface area contributed by atoms with Crippen molar-refractivity contribution in [1.29, 1.82) is 0 Å². The van der Waals surface area contributed by atoms with Crippen LogP contribution in [-0.4, -0.2) is 29.1 Å². The molecule has 11 heteroatoms. The maximum absolute atomic E-state index is 14.5. The minimum absolute atomic E-state index is 0.0667. The summed E-state index contributed by atoms with van der Waals surface area (Å²) < 4.78 is 59.0. The fourth-order valence-electron chi connectivity index (χ4n) is 3.22. The lowest BCUT2D eigenvalue weighted by molar-refractivity contribution is -0.138. The number of benzene rings is 2. The quantitative estimate of drug-likeness (QED) is 0.421. The van der Waals surface area contributed by atoms with Gasteiger partial charge in [0, 0.05) is 10.6 Å². The molecule has 1 heterocycles. The first-order chi connectivity index (χ1) is 16.0. The Labute approximate surface area is 196 Å². The first-order valence-corrected chi connectivity index (χ1v) is 10.1. The second-order valence-electron chi connectivity index (χ2n) is 7.09. The number of carbonyl (C=O) groups is 2. The lowest BCUT2D eigenvalue weighted by atomic mass is 10.0. The number of nitrogens with one attached hydrogen (secondary N) is 1. The van der Waals surface area contributed by atoms with Gasteiger partial charge >= 0.3 is 12.1 Å². The number of carboxylic acids is 1. The van der Waals surface area contributed by atoms with Gasteiger partial charge in [0.05, 0.1) is 25.1 Å². The van der Waals surface area contributed by atoms with Gasteiger partial charge in [-0.05, 0) is 42.0 Å². The molecule has 0 bridgehead atoms. The summed E-state index contributed by atoms with van der Waals surface area (Å²) in [5.41, 5.74) is -1.91. The molecule has 3 aromatic rings. The van der Waals surface area contributed by atoms with E-state index in [4.69, 9.17) is 16.3 Å². The van der Waals surface area contributed by atoms with Crippen LogP contribution in [0.5, 0.6) is 5.75 Å². The van der Waals surface area contributed by atoms with Crippen LogP contribution in [0, 0.1) is 5.82 Å². The monoisotopic (exact) mass is 496 g/mol. The van der Waals surface area contributed by atoms with Gasteiger partial charge in [0.15, 0.2) is 0 Å². The second-order valence-corrected chi connectivity index (χ2v) is 7.49. The molecule has 0 saturated carbocycles. The van der Waals surface area contributed by atoms with Gasteiger partial charge in [-0.3, -0.25) is 9.59 Å². The minimum atomic E-state index is -4.73. The molecule has 6 nitrogen and oxygen atoms in total. The predicted octanol–water partition coefficient (Wildman–Crippen LogP) is 5.51. The number of alkyl halides is 3. The van der Waals surface area contributed by atoms with E-state index >= 15 is 0 Å². The number of hydrogen-bond acceptors (Lipinski definition) is 4. The summed E-state index contributed by atoms with van der Waals surface area (Å²) in [5.74, 6) is -3.12. The van der Waals surface area contributed by atoms with Crippen LogP contribution in [-0.2, 0) is 11.0 Å². The van der Waals surface area contributed by atoms with Crippen LogP contribution >= 0.6 is 11.6 Å². The number of nitrogens with zero attached hydrogens (tertiary/aromatic N) is 1. The normalized spacial score (nSPS) is 12.2. The van der Waals surface area contributed by atoms with E-state index in [9.17, 15) is 32.3 Å². The molecule has 1 amide bonds. The van der Waals surface area contributed by atoms with E-state index in [-0.39, 0.29) is 22.2 Å². The van der Waals surface area contributed by atoms with Crippen molar-refractivity contribution >= 4 is 23.5 Å². The summed E-state index contributed by atoms with van der Waals surface area (Å²) in [6, 6.07) is 9.55. The molecule has 3 rings (SSSR count). The molecular weight excluding hydrogens is 480 g/mol. The van der Waals surface area contributed by atoms with Gasteiger partial charge in [0.2, 0.25) is 0 Å². The van der Waals surface area contributed by atoms with Crippen LogP contribution < -0.4 is 10.1 Å². The van der Waals surface area contributed by atoms with E-state index in [2.05, 4.69) is 10.3 Å². The zero-order chi connectivity index (χ0) is 25.0. The lowest BCUT2D eigenvalue weighted by Gasteiger charge is -2.19. The van der Waals surface area contributed by atoms with Gasteiger partial charge in [-0.15, -0.1) is 0 Å². The van der Waals surface area contributed by atoms with Crippen LogP contribution in [0.1, 0.15) is 34.1 Å². The number of amides is 1. The third-order valence-corrected chi connectivity index (χ3v) is 5.17. The van der Waals surface area contributed by atoms with Gasteiger partial charge in [-0.1, -0.05) is 29.8 Å². The second kappa shape index (κ2) is 10.1. The molecule has 0 spiro atoms. The molecule has 0 aliphatic carbocycles. The highest BCUT2D eigenvalue weighted by Gasteiger charge is 2.32. The highest BCUT2D eigenvalue weighted by atomic mass is 35.5. The lowest BCUT2D eigenvalue weighted by Crippen LogP contribution is -2.31. The molecule has 1 aromatic heterocycles.